The van der Waals surface area contributed by atoms with E-state index in [0.29, 0.717) is 37.9 Å². The zero-order valence-electron chi connectivity index (χ0n) is 33.5. The van der Waals surface area contributed by atoms with Gasteiger partial charge in [0.1, 0.15) is 30.0 Å². The van der Waals surface area contributed by atoms with Crippen molar-refractivity contribution in [1.82, 2.24) is 37.2 Å². The molecule has 1 rings (SSSR count). The molecule has 0 aromatic heterocycles. The number of amides is 6. The normalized spacial score (nSPS) is 14.1. The van der Waals surface area contributed by atoms with Gasteiger partial charge in [-0.3, -0.25) is 33.8 Å². The van der Waals surface area contributed by atoms with Crippen LogP contribution in [-0.2, 0) is 40.1 Å². The monoisotopic (exact) mass is 807 g/mol. The largest absolute Gasteiger partial charge is 0.480 e. The van der Waals surface area contributed by atoms with Crippen LogP contribution in [-0.4, -0.2) is 109 Å². The second kappa shape index (κ2) is 26.5. The first kappa shape index (κ1) is 49.6. The molecule has 0 bridgehead atoms. The topological polar surface area (TPSA) is 314 Å². The summed E-state index contributed by atoms with van der Waals surface area (Å²) in [5, 5.41) is 27.5. The maximum Gasteiger partial charge on any atom is 0.326 e. The minimum absolute atomic E-state index is 0.0252. The molecule has 14 N–H and O–H groups in total. The molecular weight excluding hydrogens is 745 g/mol. The highest BCUT2D eigenvalue weighted by atomic mass is 19.1. The van der Waals surface area contributed by atoms with Crippen molar-refractivity contribution < 1.29 is 43.1 Å². The van der Waals surface area contributed by atoms with E-state index in [1.807, 2.05) is 13.8 Å². The molecule has 0 aliphatic carbocycles. The second-order valence-electron chi connectivity index (χ2n) is 14.1. The van der Waals surface area contributed by atoms with Crippen LogP contribution in [0.15, 0.2) is 29.3 Å². The van der Waals surface area contributed by atoms with Crippen molar-refractivity contribution in [2.45, 2.75) is 110 Å². The average Bonchev–Trinajstić information content (AvgIpc) is 3.16. The average molecular weight is 808 g/mol. The van der Waals surface area contributed by atoms with Gasteiger partial charge in [0.25, 0.3) is 0 Å². The molecule has 1 aromatic carbocycles. The van der Waals surface area contributed by atoms with E-state index in [4.69, 9.17) is 17.2 Å². The van der Waals surface area contributed by atoms with Crippen molar-refractivity contribution in [3.8, 4) is 0 Å². The number of unbranched alkanes of at least 4 members (excludes halogenated alkanes) is 1. The number of carbonyl (C=O) groups is 7. The van der Waals surface area contributed by atoms with Crippen molar-refractivity contribution in [2.24, 2.45) is 34.0 Å². The van der Waals surface area contributed by atoms with Gasteiger partial charge in [0.05, 0.1) is 19.1 Å². The number of rotatable bonds is 27. The van der Waals surface area contributed by atoms with Crippen molar-refractivity contribution in [2.75, 3.05) is 26.2 Å². The van der Waals surface area contributed by atoms with Gasteiger partial charge in [0.2, 0.25) is 35.4 Å². The fraction of sp³-hybridized carbons (Fsp3) is 0.622. The van der Waals surface area contributed by atoms with E-state index >= 15 is 0 Å². The molecule has 1 aromatic rings. The fourth-order valence-corrected chi connectivity index (χ4v) is 5.25. The highest BCUT2D eigenvalue weighted by Gasteiger charge is 2.30. The number of hydrogen-bond donors (Lipinski definition) is 11. The third kappa shape index (κ3) is 19.9. The molecule has 0 saturated carbocycles. The first-order valence-electron chi connectivity index (χ1n) is 19.1. The zero-order valence-corrected chi connectivity index (χ0v) is 33.5. The molecular formula is C37H62FN11O8. The Kier molecular flexibility index (Phi) is 23.1. The molecule has 320 valence electrons. The van der Waals surface area contributed by atoms with Gasteiger partial charge in [0.15, 0.2) is 5.96 Å². The van der Waals surface area contributed by atoms with E-state index in [9.17, 15) is 43.1 Å². The first-order chi connectivity index (χ1) is 26.9. The standard InChI is InChI=1S/C37H62FN11O8/c1-6-22(4)30(39)34(54)45-19-28(50)47-26(14-9-10-16-42-18-24-12-7-8-13-25(24)38)33(53)44-20-29(51)49-31(21(2)3)35(55)46-23(5)32(52)48-27(36(56)57)15-11-17-43-37(40)41/h7-8,12-13,21-23,26-27,30-31,42H,6,9-11,14-20,39H2,1-5H3,(H,44,53)(H,45,54)(H,46,55)(H,47,50)(H,48,52)(H,49,51)(H,56,57)(H4,40,41,43)/t22-,23-,26-,27-,30-,31-/m0/s1. The van der Waals surface area contributed by atoms with Crippen LogP contribution >= 0.6 is 0 Å². The lowest BCUT2D eigenvalue weighted by Crippen LogP contribution is -2.57. The summed E-state index contributed by atoms with van der Waals surface area (Å²) in [6.07, 6.45) is 2.13. The number of nitrogens with one attached hydrogen (secondary N) is 7. The highest BCUT2D eigenvalue weighted by molar-refractivity contribution is 5.95. The van der Waals surface area contributed by atoms with E-state index in [0.717, 1.165) is 0 Å². The molecule has 0 radical (unpaired) electrons. The van der Waals surface area contributed by atoms with Crippen LogP contribution in [0.2, 0.25) is 0 Å². The molecule has 0 aliphatic rings. The number of aliphatic carboxylic acids is 1. The molecule has 19 nitrogen and oxygen atoms in total. The maximum absolute atomic E-state index is 13.9. The third-order valence-corrected chi connectivity index (χ3v) is 9.01. The number of halogens is 1. The van der Waals surface area contributed by atoms with E-state index < -0.39 is 90.6 Å². The molecule has 0 heterocycles. The van der Waals surface area contributed by atoms with Crippen LogP contribution in [0.4, 0.5) is 4.39 Å². The van der Waals surface area contributed by atoms with Gasteiger partial charge in [-0.15, -0.1) is 0 Å². The van der Waals surface area contributed by atoms with Crippen molar-refractivity contribution in [3.63, 3.8) is 0 Å². The van der Waals surface area contributed by atoms with Gasteiger partial charge in [-0.2, -0.15) is 0 Å². The minimum Gasteiger partial charge on any atom is -0.480 e. The van der Waals surface area contributed by atoms with Gasteiger partial charge >= 0.3 is 5.97 Å². The minimum atomic E-state index is -1.29. The Morgan fingerprint density at radius 2 is 1.39 bits per heavy atom. The van der Waals surface area contributed by atoms with Crippen molar-refractivity contribution in [1.29, 1.82) is 0 Å². The summed E-state index contributed by atoms with van der Waals surface area (Å²) in [5.74, 6) is -6.46. The molecule has 6 atom stereocenters. The fourth-order valence-electron chi connectivity index (χ4n) is 5.25. The number of hydrogen-bond acceptors (Lipinski definition) is 10. The SMILES string of the molecule is CC[C@H](C)[C@H](N)C(=O)NCC(=O)N[C@@H](CCCCNCc1ccccc1F)C(=O)NCC(=O)N[C@H](C(=O)N[C@@H](C)C(=O)N[C@@H](CCCN=C(N)N)C(=O)O)C(C)C. The lowest BCUT2D eigenvalue weighted by molar-refractivity contribution is -0.142. The van der Waals surface area contributed by atoms with Crippen LogP contribution in [0.1, 0.15) is 78.7 Å². The summed E-state index contributed by atoms with van der Waals surface area (Å²) in [6, 6.07) is 0.862. The predicted octanol–water partition coefficient (Wildman–Crippen LogP) is -1.56. The van der Waals surface area contributed by atoms with Crippen LogP contribution in [0, 0.1) is 17.7 Å². The Morgan fingerprint density at radius 3 is 1.98 bits per heavy atom. The number of carboxylic acids is 1. The lowest BCUT2D eigenvalue weighted by Gasteiger charge is -2.25. The van der Waals surface area contributed by atoms with Crippen molar-refractivity contribution in [3.05, 3.63) is 35.6 Å². The van der Waals surface area contributed by atoms with Gasteiger partial charge in [-0.25, -0.2) is 9.18 Å². The van der Waals surface area contributed by atoms with E-state index in [1.54, 1.807) is 32.0 Å². The summed E-state index contributed by atoms with van der Waals surface area (Å²) < 4.78 is 13.9. The predicted molar refractivity (Wildman–Crippen MR) is 211 cm³/mol. The molecule has 6 amide bonds. The Hall–Kier alpha value is -5.37. The van der Waals surface area contributed by atoms with Crippen LogP contribution in [0.3, 0.4) is 0 Å². The summed E-state index contributed by atoms with van der Waals surface area (Å²) in [6.45, 7) is 8.28. The number of benzene rings is 1. The number of nitrogens with two attached hydrogens (primary N) is 3. The van der Waals surface area contributed by atoms with Crippen molar-refractivity contribution >= 4 is 47.4 Å². The number of carbonyl (C=O) groups excluding carboxylic acids is 6. The van der Waals surface area contributed by atoms with Crippen LogP contribution in [0.5, 0.6) is 0 Å². The number of nitrogens with zero attached hydrogens (tertiary/aromatic N) is 1. The first-order valence-corrected chi connectivity index (χ1v) is 19.1. The van der Waals surface area contributed by atoms with E-state index in [-0.39, 0.29) is 43.5 Å². The molecule has 0 unspecified atom stereocenters. The quantitative estimate of drug-likeness (QED) is 0.0273. The Morgan fingerprint density at radius 1 is 0.772 bits per heavy atom. The lowest BCUT2D eigenvalue weighted by atomic mass is 9.99. The third-order valence-electron chi connectivity index (χ3n) is 9.01. The Labute approximate surface area is 333 Å². The zero-order chi connectivity index (χ0) is 43.1. The maximum atomic E-state index is 13.9. The number of carboxylic acid groups (broad SMARTS) is 1. The summed E-state index contributed by atoms with van der Waals surface area (Å²) in [5.41, 5.74) is 17.0. The van der Waals surface area contributed by atoms with E-state index in [1.165, 1.54) is 13.0 Å². The smallest absolute Gasteiger partial charge is 0.326 e. The molecule has 0 spiro atoms. The highest BCUT2D eigenvalue weighted by Crippen LogP contribution is 2.08. The summed E-state index contributed by atoms with van der Waals surface area (Å²) in [4.78, 5) is 92.7. The van der Waals surface area contributed by atoms with Crippen LogP contribution < -0.4 is 54.4 Å². The number of aliphatic imine (C=N–C) groups is 1. The number of guanidine groups is 1. The van der Waals surface area contributed by atoms with Crippen LogP contribution in [0.25, 0.3) is 0 Å². The molecule has 57 heavy (non-hydrogen) atoms. The van der Waals surface area contributed by atoms with Gasteiger partial charge in [-0.05, 0) is 63.5 Å². The Bertz CT molecular complexity index is 1530. The molecule has 0 aliphatic heterocycles. The van der Waals surface area contributed by atoms with Gasteiger partial charge in [-0.1, -0.05) is 52.3 Å². The van der Waals surface area contributed by atoms with E-state index in [2.05, 4.69) is 42.2 Å². The molecule has 0 saturated heterocycles. The van der Waals surface area contributed by atoms with Gasteiger partial charge < -0.3 is 59.5 Å². The Balaban J connectivity index is 2.82. The van der Waals surface area contributed by atoms with Gasteiger partial charge in [0, 0.05) is 18.7 Å². The molecule has 0 fully saturated rings. The second-order valence-corrected chi connectivity index (χ2v) is 14.1. The summed E-state index contributed by atoms with van der Waals surface area (Å²) >= 11 is 0. The summed E-state index contributed by atoms with van der Waals surface area (Å²) in [7, 11) is 0. The molecule has 20 heteroatoms.